The van der Waals surface area contributed by atoms with E-state index in [1.165, 1.54) is 38.5 Å². The van der Waals surface area contributed by atoms with Crippen LogP contribution in [0.2, 0.25) is 0 Å². The highest BCUT2D eigenvalue weighted by molar-refractivity contribution is 5.47. The zero-order chi connectivity index (χ0) is 12.9. The molecule has 2 aliphatic rings. The van der Waals surface area contributed by atoms with Gasteiger partial charge in [0.2, 0.25) is 0 Å². The number of nitrogens with one attached hydrogen (secondary N) is 3. The molecule has 0 amide bonds. The van der Waals surface area contributed by atoms with Crippen LogP contribution in [-0.2, 0) is 0 Å². The lowest BCUT2D eigenvalue weighted by Crippen LogP contribution is -2.38. The lowest BCUT2D eigenvalue weighted by Gasteiger charge is -2.24. The van der Waals surface area contributed by atoms with Gasteiger partial charge in [-0.25, -0.2) is 9.97 Å². The van der Waals surface area contributed by atoms with Crippen LogP contribution in [0.15, 0.2) is 12.4 Å². The Balaban J connectivity index is 1.58. The zero-order valence-corrected chi connectivity index (χ0v) is 11.4. The van der Waals surface area contributed by atoms with Gasteiger partial charge in [-0.05, 0) is 32.2 Å². The van der Waals surface area contributed by atoms with Gasteiger partial charge in [0.25, 0.3) is 0 Å². The summed E-state index contributed by atoms with van der Waals surface area (Å²) in [5.74, 6) is 1.89. The molecule has 1 atom stereocenters. The van der Waals surface area contributed by atoms with Crippen LogP contribution in [0.1, 0.15) is 38.5 Å². The van der Waals surface area contributed by atoms with Gasteiger partial charge >= 0.3 is 0 Å². The van der Waals surface area contributed by atoms with E-state index in [0.717, 1.165) is 24.7 Å². The molecule has 0 radical (unpaired) electrons. The van der Waals surface area contributed by atoms with E-state index in [-0.39, 0.29) is 0 Å². The molecule has 2 fully saturated rings. The van der Waals surface area contributed by atoms with Gasteiger partial charge in [0.15, 0.2) is 0 Å². The highest BCUT2D eigenvalue weighted by Gasteiger charge is 2.16. The summed E-state index contributed by atoms with van der Waals surface area (Å²) in [5, 5.41) is 10.4. The predicted octanol–water partition coefficient (Wildman–Crippen LogP) is 1.99. The topological polar surface area (TPSA) is 61.9 Å². The fourth-order valence-electron chi connectivity index (χ4n) is 2.98. The first-order valence-corrected chi connectivity index (χ1v) is 7.46. The van der Waals surface area contributed by atoms with Gasteiger partial charge in [-0.3, -0.25) is 0 Å². The average Bonchev–Trinajstić information content (AvgIpc) is 2.93. The molecule has 1 aliphatic carbocycles. The van der Waals surface area contributed by atoms with Crippen molar-refractivity contribution in [3.8, 4) is 0 Å². The summed E-state index contributed by atoms with van der Waals surface area (Å²) in [4.78, 5) is 8.64. The monoisotopic (exact) mass is 261 g/mol. The summed E-state index contributed by atoms with van der Waals surface area (Å²) < 4.78 is 0. The van der Waals surface area contributed by atoms with Gasteiger partial charge < -0.3 is 16.0 Å². The molecule has 1 saturated carbocycles. The number of rotatable bonds is 4. The van der Waals surface area contributed by atoms with Gasteiger partial charge in [-0.1, -0.05) is 12.8 Å². The zero-order valence-electron chi connectivity index (χ0n) is 11.4. The molecule has 5 heteroatoms. The molecule has 3 rings (SSSR count). The first kappa shape index (κ1) is 12.7. The first-order chi connectivity index (χ1) is 9.40. The third kappa shape index (κ3) is 3.56. The second kappa shape index (κ2) is 6.19. The molecule has 1 aliphatic heterocycles. The normalized spacial score (nSPS) is 24.3. The van der Waals surface area contributed by atoms with Crippen molar-refractivity contribution < 1.29 is 0 Å². The highest BCUT2D eigenvalue weighted by atomic mass is 15.1. The summed E-state index contributed by atoms with van der Waals surface area (Å²) in [6, 6.07) is 3.12. The van der Waals surface area contributed by atoms with E-state index in [2.05, 4.69) is 25.9 Å². The smallest absolute Gasteiger partial charge is 0.131 e. The van der Waals surface area contributed by atoms with Crippen molar-refractivity contribution in [1.82, 2.24) is 15.3 Å². The highest BCUT2D eigenvalue weighted by Crippen LogP contribution is 2.22. The van der Waals surface area contributed by atoms with E-state index in [4.69, 9.17) is 0 Å². The molecule has 104 valence electrons. The van der Waals surface area contributed by atoms with Gasteiger partial charge in [0, 0.05) is 24.7 Å². The van der Waals surface area contributed by atoms with Crippen LogP contribution in [0.25, 0.3) is 0 Å². The maximum absolute atomic E-state index is 4.32. The van der Waals surface area contributed by atoms with Crippen molar-refractivity contribution in [2.45, 2.75) is 50.6 Å². The fourth-order valence-corrected chi connectivity index (χ4v) is 2.98. The molecule has 1 saturated heterocycles. The maximum Gasteiger partial charge on any atom is 0.131 e. The minimum Gasteiger partial charge on any atom is -0.367 e. The van der Waals surface area contributed by atoms with E-state index < -0.39 is 0 Å². The molecule has 1 unspecified atom stereocenters. The fraction of sp³-hybridized carbons (Fsp3) is 0.714. The first-order valence-electron chi connectivity index (χ1n) is 7.46. The number of anilines is 2. The Morgan fingerprint density at radius 1 is 0.947 bits per heavy atom. The van der Waals surface area contributed by atoms with Crippen LogP contribution in [0, 0.1) is 0 Å². The number of nitrogens with zero attached hydrogens (tertiary/aromatic N) is 2. The molecule has 3 N–H and O–H groups in total. The summed E-state index contributed by atoms with van der Waals surface area (Å²) >= 11 is 0. The van der Waals surface area contributed by atoms with E-state index in [9.17, 15) is 0 Å². The molecule has 19 heavy (non-hydrogen) atoms. The lowest BCUT2D eigenvalue weighted by molar-refractivity contribution is 0.479. The minimum atomic E-state index is 0.489. The Morgan fingerprint density at radius 3 is 2.32 bits per heavy atom. The molecule has 2 heterocycles. The third-order valence-corrected chi connectivity index (χ3v) is 4.02. The Bertz CT molecular complexity index is 397. The second-order valence-electron chi connectivity index (χ2n) is 5.60. The molecule has 5 nitrogen and oxygen atoms in total. The van der Waals surface area contributed by atoms with Gasteiger partial charge in [-0.2, -0.15) is 0 Å². The van der Waals surface area contributed by atoms with Crippen molar-refractivity contribution in [3.05, 3.63) is 12.4 Å². The predicted molar refractivity (Wildman–Crippen MR) is 77.4 cm³/mol. The van der Waals surface area contributed by atoms with E-state index in [1.54, 1.807) is 6.33 Å². The average molecular weight is 261 g/mol. The summed E-state index contributed by atoms with van der Waals surface area (Å²) in [6.07, 6.45) is 9.29. The number of aromatic nitrogens is 2. The Labute approximate surface area is 114 Å². The molecule has 0 spiro atoms. The van der Waals surface area contributed by atoms with Crippen LogP contribution in [0.4, 0.5) is 11.6 Å². The quantitative estimate of drug-likeness (QED) is 0.774. The van der Waals surface area contributed by atoms with E-state index in [0.29, 0.717) is 12.1 Å². The van der Waals surface area contributed by atoms with E-state index >= 15 is 0 Å². The van der Waals surface area contributed by atoms with Gasteiger partial charge in [0.1, 0.15) is 18.0 Å². The summed E-state index contributed by atoms with van der Waals surface area (Å²) in [5.41, 5.74) is 0. The van der Waals surface area contributed by atoms with Crippen LogP contribution < -0.4 is 16.0 Å². The van der Waals surface area contributed by atoms with Crippen LogP contribution >= 0.6 is 0 Å². The summed E-state index contributed by atoms with van der Waals surface area (Å²) in [6.45, 7) is 2.16. The maximum atomic E-state index is 4.32. The van der Waals surface area contributed by atoms with E-state index in [1.807, 2.05) is 6.07 Å². The van der Waals surface area contributed by atoms with Crippen LogP contribution in [0.5, 0.6) is 0 Å². The lowest BCUT2D eigenvalue weighted by atomic mass is 10.1. The van der Waals surface area contributed by atoms with Gasteiger partial charge in [0.05, 0.1) is 0 Å². The largest absolute Gasteiger partial charge is 0.367 e. The van der Waals surface area contributed by atoms with Crippen LogP contribution in [0.3, 0.4) is 0 Å². The summed E-state index contributed by atoms with van der Waals surface area (Å²) in [7, 11) is 0. The molecule has 1 aromatic heterocycles. The third-order valence-electron chi connectivity index (χ3n) is 4.02. The van der Waals surface area contributed by atoms with Gasteiger partial charge in [-0.15, -0.1) is 0 Å². The minimum absolute atomic E-state index is 0.489. The molecule has 0 bridgehead atoms. The van der Waals surface area contributed by atoms with Crippen molar-refractivity contribution in [3.63, 3.8) is 0 Å². The molecular formula is C14H23N5. The van der Waals surface area contributed by atoms with Crippen LogP contribution in [-0.4, -0.2) is 35.1 Å². The number of piperidine rings is 1. The molecule has 1 aromatic rings. The SMILES string of the molecule is c1nc(NC2CCCC2)cc(NC2CCCNC2)n1. The number of hydrogen-bond donors (Lipinski definition) is 3. The molecular weight excluding hydrogens is 238 g/mol. The second-order valence-corrected chi connectivity index (χ2v) is 5.60. The standard InChI is InChI=1S/C14H23N5/c1-2-5-11(4-1)18-13-8-14(17-10-16-13)19-12-6-3-7-15-9-12/h8,10-12,15H,1-7,9H2,(H2,16,17,18,19). The van der Waals surface area contributed by atoms with Crippen molar-refractivity contribution >= 4 is 11.6 Å². The Kier molecular flexibility index (Phi) is 4.13. The van der Waals surface area contributed by atoms with Crippen molar-refractivity contribution in [1.29, 1.82) is 0 Å². The Hall–Kier alpha value is -1.36. The number of hydrogen-bond acceptors (Lipinski definition) is 5. The van der Waals surface area contributed by atoms with Crippen molar-refractivity contribution in [2.75, 3.05) is 23.7 Å². The Morgan fingerprint density at radius 2 is 1.63 bits per heavy atom. The van der Waals surface area contributed by atoms with Crippen molar-refractivity contribution in [2.24, 2.45) is 0 Å². The molecule has 0 aromatic carbocycles.